The lowest BCUT2D eigenvalue weighted by atomic mass is 9.87. The zero-order chi connectivity index (χ0) is 25.4. The molecule has 1 N–H and O–H groups in total. The van der Waals surface area contributed by atoms with E-state index in [-0.39, 0.29) is 5.41 Å². The number of ether oxygens (including phenoxy) is 1. The van der Waals surface area contributed by atoms with Crippen molar-refractivity contribution in [2.45, 2.75) is 72.6 Å². The predicted octanol–water partition coefficient (Wildman–Crippen LogP) is 6.43. The maximum absolute atomic E-state index is 10.8. The number of benzene rings is 2. The number of para-hydroxylation sites is 1. The Balaban J connectivity index is 1.64. The standard InChI is InChI=1S/C31H44N2O2/c1-24(2)17-19-32(22-29(34)23-35-30-12-8-7-10-25(30)3)21-28-11-9-18-33(28)20-26-13-15-27(16-14-26)31(4,5)6/h7-16,18,24,29,34H,17,19-23H2,1-6H3. The summed E-state index contributed by atoms with van der Waals surface area (Å²) in [6, 6.07) is 21.3. The summed E-state index contributed by atoms with van der Waals surface area (Å²) in [7, 11) is 0. The Hall–Kier alpha value is -2.56. The highest BCUT2D eigenvalue weighted by Crippen LogP contribution is 2.23. The maximum atomic E-state index is 10.8. The van der Waals surface area contributed by atoms with Crippen molar-refractivity contribution in [3.8, 4) is 5.75 Å². The van der Waals surface area contributed by atoms with Crippen LogP contribution >= 0.6 is 0 Å². The number of aliphatic hydroxyl groups is 1. The Morgan fingerprint density at radius 3 is 2.34 bits per heavy atom. The lowest BCUT2D eigenvalue weighted by Crippen LogP contribution is -2.36. The van der Waals surface area contributed by atoms with E-state index in [1.165, 1.54) is 16.8 Å². The third-order valence-electron chi connectivity index (χ3n) is 6.50. The molecule has 4 heteroatoms. The van der Waals surface area contributed by atoms with Gasteiger partial charge in [-0.1, -0.05) is 77.1 Å². The summed E-state index contributed by atoms with van der Waals surface area (Å²) in [5, 5.41) is 10.8. The van der Waals surface area contributed by atoms with Crippen LogP contribution in [0.15, 0.2) is 66.9 Å². The normalized spacial score (nSPS) is 12.9. The molecule has 3 aromatic rings. The van der Waals surface area contributed by atoms with Crippen molar-refractivity contribution in [1.29, 1.82) is 0 Å². The second-order valence-electron chi connectivity index (χ2n) is 11.2. The van der Waals surface area contributed by atoms with Gasteiger partial charge in [-0.3, -0.25) is 4.90 Å². The van der Waals surface area contributed by atoms with Crippen molar-refractivity contribution in [3.05, 3.63) is 89.2 Å². The molecule has 1 atom stereocenters. The van der Waals surface area contributed by atoms with E-state index in [9.17, 15) is 5.11 Å². The summed E-state index contributed by atoms with van der Waals surface area (Å²) in [4.78, 5) is 2.36. The van der Waals surface area contributed by atoms with E-state index in [1.807, 2.05) is 31.2 Å². The van der Waals surface area contributed by atoms with Crippen molar-refractivity contribution in [2.75, 3.05) is 19.7 Å². The quantitative estimate of drug-likeness (QED) is 0.327. The highest BCUT2D eigenvalue weighted by Gasteiger charge is 2.17. The fraction of sp³-hybridized carbons (Fsp3) is 0.484. The molecule has 0 aliphatic heterocycles. The first-order valence-electron chi connectivity index (χ1n) is 12.9. The van der Waals surface area contributed by atoms with Crippen LogP contribution in [0.5, 0.6) is 5.75 Å². The number of rotatable bonds is 12. The molecule has 190 valence electrons. The average Bonchev–Trinajstić information content (AvgIpc) is 3.23. The smallest absolute Gasteiger partial charge is 0.122 e. The molecule has 0 spiro atoms. The van der Waals surface area contributed by atoms with Crippen LogP contribution < -0.4 is 4.74 Å². The predicted molar refractivity (Wildman–Crippen MR) is 146 cm³/mol. The number of aryl methyl sites for hydroxylation is 1. The van der Waals surface area contributed by atoms with Crippen LogP contribution in [-0.4, -0.2) is 40.4 Å². The minimum absolute atomic E-state index is 0.164. The molecule has 0 bridgehead atoms. The molecular weight excluding hydrogens is 432 g/mol. The summed E-state index contributed by atoms with van der Waals surface area (Å²) in [5.41, 5.74) is 5.18. The van der Waals surface area contributed by atoms with Crippen molar-refractivity contribution < 1.29 is 9.84 Å². The SMILES string of the molecule is Cc1ccccc1OCC(O)CN(CCC(C)C)Cc1cccn1Cc1ccc(C(C)(C)C)cc1. The summed E-state index contributed by atoms with van der Waals surface area (Å²) in [5.74, 6) is 1.46. The van der Waals surface area contributed by atoms with Crippen LogP contribution in [-0.2, 0) is 18.5 Å². The Kier molecular flexibility index (Phi) is 9.59. The highest BCUT2D eigenvalue weighted by molar-refractivity contribution is 5.31. The number of aromatic nitrogens is 1. The van der Waals surface area contributed by atoms with Crippen molar-refractivity contribution in [2.24, 2.45) is 5.92 Å². The first kappa shape index (κ1) is 27.0. The van der Waals surface area contributed by atoms with Gasteiger partial charge >= 0.3 is 0 Å². The summed E-state index contributed by atoms with van der Waals surface area (Å²) in [6.45, 7) is 16.8. The molecule has 0 amide bonds. The van der Waals surface area contributed by atoms with Gasteiger partial charge in [0.2, 0.25) is 0 Å². The fourth-order valence-electron chi connectivity index (χ4n) is 4.21. The van der Waals surface area contributed by atoms with Gasteiger partial charge in [0.25, 0.3) is 0 Å². The van der Waals surface area contributed by atoms with Crippen molar-refractivity contribution >= 4 is 0 Å². The number of hydrogen-bond acceptors (Lipinski definition) is 3. The van der Waals surface area contributed by atoms with Crippen LogP contribution in [0, 0.1) is 12.8 Å². The highest BCUT2D eigenvalue weighted by atomic mass is 16.5. The molecule has 0 radical (unpaired) electrons. The Morgan fingerprint density at radius 1 is 0.971 bits per heavy atom. The van der Waals surface area contributed by atoms with Crippen molar-refractivity contribution in [3.63, 3.8) is 0 Å². The molecule has 4 nitrogen and oxygen atoms in total. The number of nitrogens with zero attached hydrogens (tertiary/aromatic N) is 2. The third kappa shape index (κ3) is 8.55. The molecule has 35 heavy (non-hydrogen) atoms. The van der Waals surface area contributed by atoms with Gasteiger partial charge in [0, 0.05) is 31.5 Å². The molecule has 1 heterocycles. The monoisotopic (exact) mass is 476 g/mol. The van der Waals surface area contributed by atoms with Gasteiger partial charge in [0.05, 0.1) is 0 Å². The zero-order valence-electron chi connectivity index (χ0n) is 22.5. The minimum atomic E-state index is -0.546. The summed E-state index contributed by atoms with van der Waals surface area (Å²) >= 11 is 0. The molecular formula is C31H44N2O2. The summed E-state index contributed by atoms with van der Waals surface area (Å²) < 4.78 is 8.24. The van der Waals surface area contributed by atoms with Gasteiger partial charge in [0.15, 0.2) is 0 Å². The Bertz CT molecular complexity index is 1030. The van der Waals surface area contributed by atoms with E-state index in [0.29, 0.717) is 19.1 Å². The molecule has 0 saturated carbocycles. The van der Waals surface area contributed by atoms with Gasteiger partial charge in [-0.05, 0) is 66.1 Å². The second-order valence-corrected chi connectivity index (χ2v) is 11.2. The van der Waals surface area contributed by atoms with E-state index in [4.69, 9.17) is 4.74 Å². The van der Waals surface area contributed by atoms with E-state index >= 15 is 0 Å². The van der Waals surface area contributed by atoms with Crippen molar-refractivity contribution in [1.82, 2.24) is 9.47 Å². The number of aliphatic hydroxyl groups excluding tert-OH is 1. The molecule has 3 rings (SSSR count). The third-order valence-corrected chi connectivity index (χ3v) is 6.50. The minimum Gasteiger partial charge on any atom is -0.491 e. The Morgan fingerprint density at radius 2 is 1.69 bits per heavy atom. The fourth-order valence-corrected chi connectivity index (χ4v) is 4.21. The number of hydrogen-bond donors (Lipinski definition) is 1. The molecule has 1 aromatic heterocycles. The summed E-state index contributed by atoms with van der Waals surface area (Å²) in [6.07, 6.45) is 2.71. The first-order valence-corrected chi connectivity index (χ1v) is 12.9. The molecule has 0 fully saturated rings. The van der Waals surface area contributed by atoms with E-state index < -0.39 is 6.10 Å². The molecule has 0 aliphatic carbocycles. The van der Waals surface area contributed by atoms with Crippen LogP contribution in [0.4, 0.5) is 0 Å². The van der Waals surface area contributed by atoms with Gasteiger partial charge < -0.3 is 14.4 Å². The molecule has 0 saturated heterocycles. The van der Waals surface area contributed by atoms with E-state index in [2.05, 4.69) is 86.7 Å². The van der Waals surface area contributed by atoms with Gasteiger partial charge in [0.1, 0.15) is 18.5 Å². The maximum Gasteiger partial charge on any atom is 0.122 e. The van der Waals surface area contributed by atoms with Crippen LogP contribution in [0.2, 0.25) is 0 Å². The van der Waals surface area contributed by atoms with Crippen LogP contribution in [0.25, 0.3) is 0 Å². The van der Waals surface area contributed by atoms with E-state index in [0.717, 1.165) is 37.4 Å². The average molecular weight is 477 g/mol. The van der Waals surface area contributed by atoms with E-state index in [1.54, 1.807) is 0 Å². The second kappa shape index (κ2) is 12.4. The zero-order valence-corrected chi connectivity index (χ0v) is 22.5. The molecule has 1 unspecified atom stereocenters. The lowest BCUT2D eigenvalue weighted by molar-refractivity contribution is 0.0629. The van der Waals surface area contributed by atoms with Crippen LogP contribution in [0.3, 0.4) is 0 Å². The van der Waals surface area contributed by atoms with Gasteiger partial charge in [-0.15, -0.1) is 0 Å². The largest absolute Gasteiger partial charge is 0.491 e. The topological polar surface area (TPSA) is 37.6 Å². The lowest BCUT2D eigenvalue weighted by Gasteiger charge is -2.27. The Labute approximate surface area is 212 Å². The molecule has 0 aliphatic rings. The van der Waals surface area contributed by atoms with Crippen LogP contribution in [0.1, 0.15) is 63.4 Å². The van der Waals surface area contributed by atoms with Gasteiger partial charge in [-0.25, -0.2) is 0 Å². The molecule has 2 aromatic carbocycles. The van der Waals surface area contributed by atoms with Gasteiger partial charge in [-0.2, -0.15) is 0 Å². The first-order chi connectivity index (χ1) is 16.6.